The fourth-order valence-electron chi connectivity index (χ4n) is 3.48. The van der Waals surface area contributed by atoms with Crippen molar-refractivity contribution in [1.29, 1.82) is 0 Å². The molecule has 35 heavy (non-hydrogen) atoms. The van der Waals surface area contributed by atoms with E-state index in [1.165, 1.54) is 4.31 Å². The van der Waals surface area contributed by atoms with Crippen molar-refractivity contribution < 1.29 is 13.2 Å². The average molecular weight is 513 g/mol. The summed E-state index contributed by atoms with van der Waals surface area (Å²) in [5.41, 5.74) is 4.95. The minimum absolute atomic E-state index is 0.0804. The number of hydrogen-bond donors (Lipinski definition) is 1. The molecule has 11 heteroatoms. The van der Waals surface area contributed by atoms with Crippen molar-refractivity contribution in [3.8, 4) is 17.1 Å². The number of aryl methyl sites for hydroxylation is 3. The van der Waals surface area contributed by atoms with Crippen molar-refractivity contribution in [1.82, 2.24) is 25.6 Å². The van der Waals surface area contributed by atoms with Crippen LogP contribution >= 0.6 is 11.3 Å². The predicted octanol–water partition coefficient (Wildman–Crippen LogP) is 4.68. The van der Waals surface area contributed by atoms with Gasteiger partial charge in [-0.2, -0.15) is 13.6 Å². The number of hydrogen-bond acceptors (Lipinski definition) is 8. The van der Waals surface area contributed by atoms with E-state index in [2.05, 4.69) is 25.6 Å². The van der Waals surface area contributed by atoms with Crippen LogP contribution in [0.4, 0.5) is 5.69 Å². The number of ether oxygens (including phenoxy) is 1. The van der Waals surface area contributed by atoms with Crippen molar-refractivity contribution in [3.05, 3.63) is 64.2 Å². The quantitative estimate of drug-likeness (QED) is 0.346. The summed E-state index contributed by atoms with van der Waals surface area (Å²) in [6, 6.07) is 11.4. The minimum atomic E-state index is -3.86. The zero-order valence-electron chi connectivity index (χ0n) is 20.3. The number of nitrogens with zero attached hydrogens (tertiary/aromatic N) is 5. The Bertz CT molecular complexity index is 1400. The summed E-state index contributed by atoms with van der Waals surface area (Å²) < 4.78 is 35.0. The van der Waals surface area contributed by atoms with Crippen molar-refractivity contribution in [2.75, 3.05) is 10.8 Å². The lowest BCUT2D eigenvalue weighted by Gasteiger charge is -2.28. The summed E-state index contributed by atoms with van der Waals surface area (Å²) in [5, 5.41) is 15.7. The van der Waals surface area contributed by atoms with Gasteiger partial charge in [-0.15, -0.1) is 21.5 Å². The van der Waals surface area contributed by atoms with Crippen LogP contribution < -0.4 is 9.04 Å². The molecule has 0 amide bonds. The molecular weight excluding hydrogens is 484 g/mol. The number of H-pyrrole nitrogens is 1. The van der Waals surface area contributed by atoms with Gasteiger partial charge < -0.3 is 4.74 Å². The van der Waals surface area contributed by atoms with E-state index in [1.54, 1.807) is 12.3 Å². The van der Waals surface area contributed by atoms with Crippen LogP contribution in [0.5, 0.6) is 5.75 Å². The molecule has 0 saturated heterocycles. The summed E-state index contributed by atoms with van der Waals surface area (Å²) in [5.74, 6) is 1.12. The van der Waals surface area contributed by atoms with Crippen LogP contribution in [0, 0.1) is 26.7 Å². The van der Waals surface area contributed by atoms with Crippen LogP contribution in [-0.4, -0.2) is 40.6 Å². The number of aromatic amines is 1. The molecule has 0 bridgehead atoms. The molecular formula is C24H28N6O3S2. The molecule has 0 fully saturated rings. The highest BCUT2D eigenvalue weighted by Crippen LogP contribution is 2.37. The molecule has 0 radical (unpaired) electrons. The molecule has 184 valence electrons. The van der Waals surface area contributed by atoms with Crippen LogP contribution in [0.2, 0.25) is 0 Å². The van der Waals surface area contributed by atoms with Crippen LogP contribution in [-0.2, 0) is 16.6 Å². The van der Waals surface area contributed by atoms with Gasteiger partial charge in [-0.3, -0.25) is 4.31 Å². The first-order valence-electron chi connectivity index (χ1n) is 11.2. The molecule has 2 aromatic heterocycles. The van der Waals surface area contributed by atoms with Gasteiger partial charge in [0.25, 0.3) is 10.0 Å². The van der Waals surface area contributed by atoms with Crippen LogP contribution in [0.15, 0.2) is 46.1 Å². The molecule has 4 aromatic rings. The lowest BCUT2D eigenvalue weighted by Crippen LogP contribution is -2.34. The van der Waals surface area contributed by atoms with E-state index in [-0.39, 0.29) is 16.9 Å². The number of rotatable bonds is 9. The third-order valence-electron chi connectivity index (χ3n) is 5.44. The van der Waals surface area contributed by atoms with E-state index in [9.17, 15) is 8.42 Å². The van der Waals surface area contributed by atoms with Crippen LogP contribution in [0.3, 0.4) is 0 Å². The van der Waals surface area contributed by atoms with E-state index in [0.29, 0.717) is 29.5 Å². The Morgan fingerprint density at radius 1 is 1.09 bits per heavy atom. The summed E-state index contributed by atoms with van der Waals surface area (Å²) in [7, 11) is -3.86. The largest absolute Gasteiger partial charge is 0.487 e. The van der Waals surface area contributed by atoms with Gasteiger partial charge in [0.2, 0.25) is 10.2 Å². The molecule has 0 aliphatic heterocycles. The van der Waals surface area contributed by atoms with E-state index >= 15 is 0 Å². The fourth-order valence-corrected chi connectivity index (χ4v) is 6.25. The smallest absolute Gasteiger partial charge is 0.291 e. The van der Waals surface area contributed by atoms with Gasteiger partial charge in [-0.05, 0) is 60.7 Å². The normalized spacial score (nSPS) is 11.7. The maximum Gasteiger partial charge on any atom is 0.291 e. The van der Waals surface area contributed by atoms with Crippen molar-refractivity contribution in [3.63, 3.8) is 0 Å². The topological polar surface area (TPSA) is 114 Å². The molecule has 4 rings (SSSR count). The molecule has 9 nitrogen and oxygen atoms in total. The Morgan fingerprint density at radius 2 is 1.80 bits per heavy atom. The zero-order chi connectivity index (χ0) is 25.2. The van der Waals surface area contributed by atoms with Gasteiger partial charge in [0.1, 0.15) is 12.4 Å². The molecule has 2 aromatic carbocycles. The van der Waals surface area contributed by atoms with E-state index < -0.39 is 10.0 Å². The summed E-state index contributed by atoms with van der Waals surface area (Å²) >= 11 is 1.13. The predicted molar refractivity (Wildman–Crippen MR) is 136 cm³/mol. The summed E-state index contributed by atoms with van der Waals surface area (Å²) in [4.78, 5) is 4.26. The van der Waals surface area contributed by atoms with Crippen molar-refractivity contribution in [2.45, 2.75) is 45.6 Å². The molecule has 0 aliphatic rings. The highest BCUT2D eigenvalue weighted by molar-refractivity contribution is 7.94. The Kier molecular flexibility index (Phi) is 7.18. The van der Waals surface area contributed by atoms with Gasteiger partial charge in [-0.25, -0.2) is 4.98 Å². The maximum atomic E-state index is 13.7. The molecule has 0 unspecified atom stereocenters. The van der Waals surface area contributed by atoms with Gasteiger partial charge in [0.15, 0.2) is 0 Å². The highest BCUT2D eigenvalue weighted by atomic mass is 32.2. The van der Waals surface area contributed by atoms with E-state index in [4.69, 9.17) is 4.74 Å². The Morgan fingerprint density at radius 3 is 2.40 bits per heavy atom. The third kappa shape index (κ3) is 5.51. The number of aromatic nitrogens is 5. The van der Waals surface area contributed by atoms with Gasteiger partial charge in [0.05, 0.1) is 5.69 Å². The third-order valence-corrected chi connectivity index (χ3v) is 8.57. The molecule has 1 N–H and O–H groups in total. The monoisotopic (exact) mass is 512 g/mol. The van der Waals surface area contributed by atoms with E-state index in [1.807, 2.05) is 64.1 Å². The van der Waals surface area contributed by atoms with Gasteiger partial charge in [0, 0.05) is 23.2 Å². The number of sulfonamides is 1. The van der Waals surface area contributed by atoms with Gasteiger partial charge in [-0.1, -0.05) is 38.1 Å². The Hall–Kier alpha value is -3.31. The Balaban J connectivity index is 1.67. The minimum Gasteiger partial charge on any atom is -0.487 e. The summed E-state index contributed by atoms with van der Waals surface area (Å²) in [6.45, 7) is 10.3. The van der Waals surface area contributed by atoms with Crippen molar-refractivity contribution >= 4 is 27.0 Å². The SMILES string of the molecule is Cc1csc(S(=O)(=O)N(CC(C)C)c2cc(C)c(C)cc2OCc2ccc(-c3nn[nH]n3)cc2)n1. The maximum absolute atomic E-state index is 13.7. The number of benzene rings is 2. The standard InChI is InChI=1S/C24H28N6O3S2/c1-15(2)12-30(35(31,32)24-25-18(5)14-34-24)21-10-16(3)17(4)11-22(21)33-13-19-6-8-20(9-7-19)23-26-28-29-27-23/h6-11,14-15H,12-13H2,1-5H3,(H,26,27,28,29). The summed E-state index contributed by atoms with van der Waals surface area (Å²) in [6.07, 6.45) is 0. The second-order valence-electron chi connectivity index (χ2n) is 8.81. The number of nitrogens with one attached hydrogen (secondary N) is 1. The second kappa shape index (κ2) is 10.1. The zero-order valence-corrected chi connectivity index (χ0v) is 21.9. The highest BCUT2D eigenvalue weighted by Gasteiger charge is 2.31. The first-order valence-corrected chi connectivity index (χ1v) is 13.5. The molecule has 0 spiro atoms. The Labute approximate surface area is 209 Å². The first-order chi connectivity index (χ1) is 16.6. The molecule has 0 aliphatic carbocycles. The van der Waals surface area contributed by atoms with Crippen molar-refractivity contribution in [2.24, 2.45) is 5.92 Å². The molecule has 2 heterocycles. The molecule has 0 atom stereocenters. The number of tetrazole rings is 1. The van der Waals surface area contributed by atoms with Crippen LogP contribution in [0.1, 0.15) is 36.2 Å². The first kappa shape index (κ1) is 24.8. The number of anilines is 1. The van der Waals surface area contributed by atoms with E-state index in [0.717, 1.165) is 33.6 Å². The average Bonchev–Trinajstić information content (AvgIpc) is 3.51. The number of thiazole rings is 1. The molecule has 0 saturated carbocycles. The lowest BCUT2D eigenvalue weighted by molar-refractivity contribution is 0.306. The van der Waals surface area contributed by atoms with Crippen LogP contribution in [0.25, 0.3) is 11.4 Å². The lowest BCUT2D eigenvalue weighted by atomic mass is 10.1. The second-order valence-corrected chi connectivity index (χ2v) is 11.7. The fraction of sp³-hybridized carbons (Fsp3) is 0.333. The van der Waals surface area contributed by atoms with Gasteiger partial charge >= 0.3 is 0 Å².